The minimum atomic E-state index is -0.413. The van der Waals surface area contributed by atoms with Crippen molar-refractivity contribution in [1.29, 1.82) is 0 Å². The molecule has 9 nitrogen and oxygen atoms in total. The Bertz CT molecular complexity index is 1170. The van der Waals surface area contributed by atoms with E-state index in [0.29, 0.717) is 17.3 Å². The number of carbonyl (C=O) groups excluding carboxylic acids is 1. The summed E-state index contributed by atoms with van der Waals surface area (Å²) >= 11 is 0. The fourth-order valence-electron chi connectivity index (χ4n) is 5.23. The highest BCUT2D eigenvalue weighted by molar-refractivity contribution is 5.84. The van der Waals surface area contributed by atoms with E-state index < -0.39 is 6.61 Å². The molecule has 1 unspecified atom stereocenters. The summed E-state index contributed by atoms with van der Waals surface area (Å²) < 4.78 is 21.8. The van der Waals surface area contributed by atoms with Gasteiger partial charge in [0.05, 0.1) is 5.69 Å². The largest absolute Gasteiger partial charge is 0.387 e. The third-order valence-electron chi connectivity index (χ3n) is 7.08. The minimum absolute atomic E-state index is 0.134. The van der Waals surface area contributed by atoms with Gasteiger partial charge in [0, 0.05) is 30.9 Å². The molecule has 4 heterocycles. The van der Waals surface area contributed by atoms with Crippen molar-refractivity contribution < 1.29 is 18.8 Å². The van der Waals surface area contributed by atoms with E-state index >= 15 is 0 Å². The third-order valence-corrected chi connectivity index (χ3v) is 7.08. The summed E-state index contributed by atoms with van der Waals surface area (Å²) in [7, 11) is 0. The van der Waals surface area contributed by atoms with Gasteiger partial charge in [-0.15, -0.1) is 0 Å². The van der Waals surface area contributed by atoms with Crippen molar-refractivity contribution in [1.82, 2.24) is 29.7 Å². The molecular weight excluding hydrogens is 439 g/mol. The van der Waals surface area contributed by atoms with Crippen LogP contribution >= 0.6 is 0 Å². The number of carbonyl (C=O) groups is 1. The number of aliphatic hydroxyl groups excluding tert-OH is 1. The first-order valence-electron chi connectivity index (χ1n) is 12.1. The van der Waals surface area contributed by atoms with Gasteiger partial charge < -0.3 is 19.4 Å². The van der Waals surface area contributed by atoms with E-state index in [9.17, 15) is 9.18 Å². The van der Waals surface area contributed by atoms with Crippen LogP contribution in [0.5, 0.6) is 0 Å². The van der Waals surface area contributed by atoms with Crippen molar-refractivity contribution in [2.45, 2.75) is 44.9 Å². The predicted molar refractivity (Wildman–Crippen MR) is 123 cm³/mol. The Morgan fingerprint density at radius 2 is 2.03 bits per heavy atom. The van der Waals surface area contributed by atoms with E-state index in [2.05, 4.69) is 20.1 Å². The average Bonchev–Trinajstić information content (AvgIpc) is 3.58. The summed E-state index contributed by atoms with van der Waals surface area (Å²) in [5.41, 5.74) is 1.18. The highest BCUT2D eigenvalue weighted by atomic mass is 19.1. The molecule has 1 N–H and O–H groups in total. The lowest BCUT2D eigenvalue weighted by Crippen LogP contribution is -2.38. The highest BCUT2D eigenvalue weighted by Crippen LogP contribution is 2.31. The maximum atomic E-state index is 14.7. The van der Waals surface area contributed by atoms with Gasteiger partial charge in [-0.1, -0.05) is 26.0 Å². The molecule has 0 aliphatic carbocycles. The molecule has 1 aromatic carbocycles. The minimum Gasteiger partial charge on any atom is -0.387 e. The molecule has 182 valence electrons. The SMILES string of the molecule is CC(C)c1nn(-c2noc(C3CCN(CC4CCN(C(=O)CO)C4)CC3)n2)c2c(F)cccc12. The number of para-hydroxylation sites is 1. The molecule has 0 radical (unpaired) electrons. The summed E-state index contributed by atoms with van der Waals surface area (Å²) in [4.78, 5) is 20.5. The topological polar surface area (TPSA) is 101 Å². The number of aliphatic hydroxyl groups is 1. The molecule has 2 saturated heterocycles. The summed E-state index contributed by atoms with van der Waals surface area (Å²) in [6.07, 6.45) is 2.78. The van der Waals surface area contributed by atoms with Gasteiger partial charge in [0.25, 0.3) is 5.95 Å². The average molecular weight is 471 g/mol. The fraction of sp³-hybridized carbons (Fsp3) is 0.583. The summed E-state index contributed by atoms with van der Waals surface area (Å²) in [5.74, 6) is 1.03. The van der Waals surface area contributed by atoms with Crippen molar-refractivity contribution in [2.24, 2.45) is 5.92 Å². The van der Waals surface area contributed by atoms with Gasteiger partial charge in [-0.3, -0.25) is 4.79 Å². The molecule has 2 aromatic heterocycles. The molecule has 0 bridgehead atoms. The van der Waals surface area contributed by atoms with Crippen LogP contribution in [0.2, 0.25) is 0 Å². The van der Waals surface area contributed by atoms with Crippen LogP contribution < -0.4 is 0 Å². The molecular formula is C24H31FN6O3. The molecule has 5 rings (SSSR count). The number of benzene rings is 1. The first-order valence-corrected chi connectivity index (χ1v) is 12.1. The van der Waals surface area contributed by atoms with E-state index in [1.165, 1.54) is 10.7 Å². The Morgan fingerprint density at radius 3 is 2.76 bits per heavy atom. The van der Waals surface area contributed by atoms with Gasteiger partial charge in [-0.2, -0.15) is 14.8 Å². The maximum absolute atomic E-state index is 14.7. The second kappa shape index (κ2) is 9.42. The zero-order chi connectivity index (χ0) is 23.8. The first kappa shape index (κ1) is 22.9. The van der Waals surface area contributed by atoms with E-state index in [1.54, 1.807) is 11.0 Å². The number of nitrogens with zero attached hydrogens (tertiary/aromatic N) is 6. The lowest BCUT2D eigenvalue weighted by atomic mass is 9.95. The molecule has 2 aliphatic rings. The second-order valence-electron chi connectivity index (χ2n) is 9.75. The number of fused-ring (bicyclic) bond motifs is 1. The van der Waals surface area contributed by atoms with E-state index in [1.807, 2.05) is 19.9 Å². The molecule has 3 aromatic rings. The fourth-order valence-corrected chi connectivity index (χ4v) is 5.23. The normalized spacial score (nSPS) is 20.1. The monoisotopic (exact) mass is 470 g/mol. The van der Waals surface area contributed by atoms with Crippen LogP contribution in [0.3, 0.4) is 0 Å². The number of piperidine rings is 1. The lowest BCUT2D eigenvalue weighted by Gasteiger charge is -2.32. The number of hydrogen-bond donors (Lipinski definition) is 1. The van der Waals surface area contributed by atoms with Crippen molar-refractivity contribution in [2.75, 3.05) is 39.3 Å². The van der Waals surface area contributed by atoms with Crippen LogP contribution in [0.25, 0.3) is 16.9 Å². The standard InChI is InChI=1S/C24H31FN6O3/c1-15(2)21-18-4-3-5-19(25)22(18)31(27-21)24-26-23(34-28-24)17-7-9-29(10-8-17)12-16-6-11-30(13-16)20(33)14-32/h3-5,15-17,32H,6-14H2,1-2H3. The lowest BCUT2D eigenvalue weighted by molar-refractivity contribution is -0.133. The summed E-state index contributed by atoms with van der Waals surface area (Å²) in [6.45, 7) is 7.89. The Kier molecular flexibility index (Phi) is 6.35. The number of hydrogen-bond acceptors (Lipinski definition) is 7. The van der Waals surface area contributed by atoms with Crippen LogP contribution in [0, 0.1) is 11.7 Å². The number of likely N-dealkylation sites (tertiary alicyclic amines) is 2. The van der Waals surface area contributed by atoms with Crippen LogP contribution in [0.4, 0.5) is 4.39 Å². The first-order chi connectivity index (χ1) is 16.4. The van der Waals surface area contributed by atoms with Gasteiger partial charge >= 0.3 is 0 Å². The van der Waals surface area contributed by atoms with Crippen molar-refractivity contribution in [3.63, 3.8) is 0 Å². The van der Waals surface area contributed by atoms with Gasteiger partial charge in [0.15, 0.2) is 0 Å². The molecule has 34 heavy (non-hydrogen) atoms. The molecule has 1 amide bonds. The number of aromatic nitrogens is 4. The molecule has 2 fully saturated rings. The van der Waals surface area contributed by atoms with Crippen LogP contribution in [-0.2, 0) is 4.79 Å². The Morgan fingerprint density at radius 1 is 1.24 bits per heavy atom. The second-order valence-corrected chi connectivity index (χ2v) is 9.75. The molecule has 0 saturated carbocycles. The molecule has 2 aliphatic heterocycles. The quantitative estimate of drug-likeness (QED) is 0.591. The van der Waals surface area contributed by atoms with Crippen LogP contribution in [0.1, 0.15) is 56.5 Å². The van der Waals surface area contributed by atoms with E-state index in [0.717, 1.165) is 63.1 Å². The predicted octanol–water partition coefficient (Wildman–Crippen LogP) is 2.69. The van der Waals surface area contributed by atoms with Crippen molar-refractivity contribution in [3.05, 3.63) is 35.6 Å². The van der Waals surface area contributed by atoms with E-state index in [-0.39, 0.29) is 29.5 Å². The number of amides is 1. The number of halogens is 1. The van der Waals surface area contributed by atoms with E-state index in [4.69, 9.17) is 9.63 Å². The Hall–Kier alpha value is -2.85. The van der Waals surface area contributed by atoms with Gasteiger partial charge in [0.1, 0.15) is 17.9 Å². The Labute approximate surface area is 197 Å². The Balaban J connectivity index is 1.24. The molecule has 10 heteroatoms. The maximum Gasteiger partial charge on any atom is 0.291 e. The molecule has 0 spiro atoms. The third kappa shape index (κ3) is 4.32. The van der Waals surface area contributed by atoms with Crippen LogP contribution in [-0.4, -0.2) is 80.1 Å². The van der Waals surface area contributed by atoms with Gasteiger partial charge in [-0.25, -0.2) is 4.39 Å². The van der Waals surface area contributed by atoms with Gasteiger partial charge in [-0.05, 0) is 55.4 Å². The van der Waals surface area contributed by atoms with Crippen molar-refractivity contribution >= 4 is 16.8 Å². The van der Waals surface area contributed by atoms with Crippen molar-refractivity contribution in [3.8, 4) is 5.95 Å². The summed E-state index contributed by atoms with van der Waals surface area (Å²) in [5, 5.41) is 18.6. The zero-order valence-corrected chi connectivity index (χ0v) is 19.7. The van der Waals surface area contributed by atoms with Gasteiger partial charge in [0.2, 0.25) is 11.8 Å². The smallest absolute Gasteiger partial charge is 0.291 e. The van der Waals surface area contributed by atoms with Crippen LogP contribution in [0.15, 0.2) is 22.7 Å². The number of rotatable bonds is 6. The zero-order valence-electron chi connectivity index (χ0n) is 19.7. The highest BCUT2D eigenvalue weighted by Gasteiger charge is 2.31. The molecule has 1 atom stereocenters. The summed E-state index contributed by atoms with van der Waals surface area (Å²) in [6, 6.07) is 4.99.